The number of unbranched alkanes of at least 4 members (excludes halogenated alkanes) is 4. The van der Waals surface area contributed by atoms with E-state index < -0.39 is 24.4 Å². The molecule has 37 heavy (non-hydrogen) atoms. The van der Waals surface area contributed by atoms with Crippen LogP contribution in [0.3, 0.4) is 0 Å². The smallest absolute Gasteiger partial charge is 0.0771 e. The zero-order chi connectivity index (χ0) is 28.5. The second-order valence-electron chi connectivity index (χ2n) is 8.22. The van der Waals surface area contributed by atoms with Crippen molar-refractivity contribution < 1.29 is 83.0 Å². The van der Waals surface area contributed by atoms with Gasteiger partial charge in [0.1, 0.15) is 0 Å². The summed E-state index contributed by atoms with van der Waals surface area (Å²) in [7, 11) is 0. The van der Waals surface area contributed by atoms with Crippen LogP contribution in [0, 0.1) is 0 Å². The molecular weight excluding hydrogens is 528 g/mol. The topological polar surface area (TPSA) is 243 Å². The molecule has 4 unspecified atom stereocenters. The predicted molar refractivity (Wildman–Crippen MR) is 136 cm³/mol. The van der Waals surface area contributed by atoms with E-state index in [2.05, 4.69) is 0 Å². The SMILES string of the molecule is OCCCCC(O)CO.OCCCCC(O)CO.OCCCCC(O)CO.OCCCCC(O)CO.[Ti]. The van der Waals surface area contributed by atoms with Crippen molar-refractivity contribution in [1.29, 1.82) is 0 Å². The fourth-order valence-corrected chi connectivity index (χ4v) is 2.33. The minimum atomic E-state index is -0.600. The number of rotatable bonds is 20. The third kappa shape index (κ3) is 53.3. The predicted octanol–water partition coefficient (Wildman–Crippen LogP) is -1.99. The second-order valence-corrected chi connectivity index (χ2v) is 8.22. The normalized spacial score (nSPS) is 13.3. The fourth-order valence-electron chi connectivity index (χ4n) is 2.33. The molecular formula is C24H56O12Ti. The minimum Gasteiger partial charge on any atom is -0.396 e. The summed E-state index contributed by atoms with van der Waals surface area (Å²) in [4.78, 5) is 0. The Morgan fingerprint density at radius 3 is 0.568 bits per heavy atom. The molecule has 0 fully saturated rings. The van der Waals surface area contributed by atoms with E-state index in [0.717, 1.165) is 25.7 Å². The van der Waals surface area contributed by atoms with Gasteiger partial charge in [0.2, 0.25) is 0 Å². The molecule has 0 aliphatic carbocycles. The third-order valence-electron chi connectivity index (χ3n) is 4.62. The number of aliphatic hydroxyl groups excluding tert-OH is 12. The molecule has 0 aromatic rings. The molecule has 0 heterocycles. The summed E-state index contributed by atoms with van der Waals surface area (Å²) in [6, 6.07) is 0. The number of aliphatic hydroxyl groups is 12. The van der Waals surface area contributed by atoms with Crippen molar-refractivity contribution in [1.82, 2.24) is 0 Å². The summed E-state index contributed by atoms with van der Waals surface area (Å²) in [6.45, 7) is -0.0414. The molecule has 0 spiro atoms. The average Bonchev–Trinajstić information content (AvgIpc) is 2.89. The third-order valence-corrected chi connectivity index (χ3v) is 4.62. The molecule has 0 radical (unpaired) electrons. The number of hydrogen-bond donors (Lipinski definition) is 12. The maximum Gasteiger partial charge on any atom is 0.0771 e. The van der Waals surface area contributed by atoms with E-state index in [-0.39, 0.29) is 74.6 Å². The summed E-state index contributed by atoms with van der Waals surface area (Å²) in [6.07, 6.45) is 5.85. The van der Waals surface area contributed by atoms with Crippen LogP contribution in [0.15, 0.2) is 0 Å². The van der Waals surface area contributed by atoms with Gasteiger partial charge in [0.25, 0.3) is 0 Å². The minimum absolute atomic E-state index is 0. The zero-order valence-electron chi connectivity index (χ0n) is 22.3. The summed E-state index contributed by atoms with van der Waals surface area (Å²) in [5.74, 6) is 0. The molecule has 4 atom stereocenters. The first-order valence-electron chi connectivity index (χ1n) is 12.8. The standard InChI is InChI=1S/4C6H14O3.Ti/c4*7-4-2-1-3-6(9)5-8;/h4*6-9H,1-5H2;. The molecule has 0 bridgehead atoms. The van der Waals surface area contributed by atoms with Crippen LogP contribution < -0.4 is 0 Å². The summed E-state index contributed by atoms with van der Waals surface area (Å²) < 4.78 is 0. The fraction of sp³-hybridized carbons (Fsp3) is 1.00. The van der Waals surface area contributed by atoms with Crippen LogP contribution in [0.2, 0.25) is 0 Å². The first-order valence-corrected chi connectivity index (χ1v) is 12.8. The van der Waals surface area contributed by atoms with Crippen molar-refractivity contribution in [2.45, 2.75) is 101 Å². The molecule has 12 N–H and O–H groups in total. The van der Waals surface area contributed by atoms with Gasteiger partial charge in [-0.25, -0.2) is 0 Å². The Morgan fingerprint density at radius 2 is 0.459 bits per heavy atom. The van der Waals surface area contributed by atoms with Crippen molar-refractivity contribution in [2.75, 3.05) is 52.9 Å². The van der Waals surface area contributed by atoms with E-state index in [1.807, 2.05) is 0 Å². The maximum absolute atomic E-state index is 8.75. The largest absolute Gasteiger partial charge is 0.396 e. The van der Waals surface area contributed by atoms with Gasteiger partial charge in [0, 0.05) is 48.1 Å². The van der Waals surface area contributed by atoms with Crippen LogP contribution in [0.4, 0.5) is 0 Å². The second kappa shape index (κ2) is 43.3. The quantitative estimate of drug-likeness (QED) is 0.0550. The Morgan fingerprint density at radius 1 is 0.297 bits per heavy atom. The zero-order valence-corrected chi connectivity index (χ0v) is 23.9. The first-order chi connectivity index (χ1) is 17.2. The van der Waals surface area contributed by atoms with Crippen LogP contribution in [0.5, 0.6) is 0 Å². The van der Waals surface area contributed by atoms with E-state index >= 15 is 0 Å². The van der Waals surface area contributed by atoms with Crippen LogP contribution in [0.1, 0.15) is 77.0 Å². The van der Waals surface area contributed by atoms with Gasteiger partial charge in [-0.1, -0.05) is 0 Å². The molecule has 0 saturated carbocycles. The van der Waals surface area contributed by atoms with E-state index in [1.54, 1.807) is 0 Å². The van der Waals surface area contributed by atoms with Gasteiger partial charge in [-0.15, -0.1) is 0 Å². The average molecular weight is 585 g/mol. The molecule has 0 aliphatic heterocycles. The Kier molecular flexibility index (Phi) is 55.1. The molecule has 13 heteroatoms. The van der Waals surface area contributed by atoms with Crippen LogP contribution >= 0.6 is 0 Å². The molecule has 0 amide bonds. The van der Waals surface area contributed by atoms with Crippen molar-refractivity contribution in [3.63, 3.8) is 0 Å². The molecule has 228 valence electrons. The molecule has 0 aromatic carbocycles. The molecule has 12 nitrogen and oxygen atoms in total. The summed E-state index contributed by atoms with van der Waals surface area (Å²) >= 11 is 0. The van der Waals surface area contributed by atoms with Gasteiger partial charge in [-0.05, 0) is 77.0 Å². The van der Waals surface area contributed by atoms with Crippen molar-refractivity contribution in [3.8, 4) is 0 Å². The van der Waals surface area contributed by atoms with Gasteiger partial charge in [-0.2, -0.15) is 0 Å². The monoisotopic (exact) mass is 584 g/mol. The van der Waals surface area contributed by atoms with E-state index in [1.165, 1.54) is 0 Å². The van der Waals surface area contributed by atoms with Crippen LogP contribution in [-0.4, -0.2) is 139 Å². The first kappa shape index (κ1) is 47.0. The van der Waals surface area contributed by atoms with E-state index in [9.17, 15) is 0 Å². The Hall–Kier alpha value is 0.234. The van der Waals surface area contributed by atoms with Gasteiger partial charge >= 0.3 is 0 Å². The van der Waals surface area contributed by atoms with Crippen molar-refractivity contribution in [2.24, 2.45) is 0 Å². The van der Waals surface area contributed by atoms with Gasteiger partial charge in [-0.3, -0.25) is 0 Å². The Labute approximate surface area is 237 Å². The van der Waals surface area contributed by atoms with Crippen molar-refractivity contribution in [3.05, 3.63) is 0 Å². The summed E-state index contributed by atoms with van der Waals surface area (Å²) in [5, 5.41) is 102. The van der Waals surface area contributed by atoms with Crippen LogP contribution in [0.25, 0.3) is 0 Å². The van der Waals surface area contributed by atoms with Gasteiger partial charge in [0.05, 0.1) is 50.8 Å². The Balaban J connectivity index is -0.000000122. The molecule has 0 rings (SSSR count). The van der Waals surface area contributed by atoms with Gasteiger partial charge < -0.3 is 61.3 Å². The molecule has 0 aromatic heterocycles. The van der Waals surface area contributed by atoms with E-state index in [4.69, 9.17) is 61.3 Å². The number of hydrogen-bond acceptors (Lipinski definition) is 12. The van der Waals surface area contributed by atoms with Gasteiger partial charge in [0.15, 0.2) is 0 Å². The van der Waals surface area contributed by atoms with Crippen molar-refractivity contribution >= 4 is 0 Å². The van der Waals surface area contributed by atoms with Crippen LogP contribution in [-0.2, 0) is 21.7 Å². The maximum atomic E-state index is 8.75. The molecule has 0 aliphatic rings. The summed E-state index contributed by atoms with van der Waals surface area (Å²) in [5.41, 5.74) is 0. The molecule has 0 saturated heterocycles. The van der Waals surface area contributed by atoms with E-state index in [0.29, 0.717) is 51.4 Å². The Bertz CT molecular complexity index is 296.